The number of fused-ring (bicyclic) bond motifs is 1. The molecule has 1 aromatic heterocycles. The maximum atomic E-state index is 13.8. The Morgan fingerprint density at radius 3 is 2.38 bits per heavy atom. The molecule has 4 N–H and O–H groups in total. The van der Waals surface area contributed by atoms with Crippen LogP contribution in [0.5, 0.6) is 0 Å². The third-order valence-electron chi connectivity index (χ3n) is 9.42. The molecule has 7 rings (SSSR count). The lowest BCUT2D eigenvalue weighted by Gasteiger charge is -2.53. The van der Waals surface area contributed by atoms with Gasteiger partial charge in [-0.3, -0.25) is 9.59 Å². The van der Waals surface area contributed by atoms with E-state index in [0.717, 1.165) is 59.5 Å². The Hall–Kier alpha value is -3.81. The molecule has 4 bridgehead atoms. The molecule has 40 heavy (non-hydrogen) atoms. The molecule has 4 aliphatic rings. The number of carbonyl (C=O) groups excluding carboxylic acids is 3. The number of hydrogen-bond acceptors (Lipinski definition) is 4. The van der Waals surface area contributed by atoms with Crippen molar-refractivity contribution in [2.75, 3.05) is 6.54 Å². The number of alkyl carbamates (subject to hydrolysis) is 1. The first-order valence-electron chi connectivity index (χ1n) is 14.5. The molecular weight excluding hydrogens is 504 g/mol. The molecule has 1 heterocycles. The largest absolute Gasteiger partial charge is 0.446 e. The predicted molar refractivity (Wildman–Crippen MR) is 152 cm³/mol. The highest BCUT2D eigenvalue weighted by Gasteiger charge is 2.50. The zero-order chi connectivity index (χ0) is 27.7. The van der Waals surface area contributed by atoms with Gasteiger partial charge >= 0.3 is 6.09 Å². The van der Waals surface area contributed by atoms with E-state index in [-0.39, 0.29) is 25.0 Å². The normalized spacial score (nSPS) is 27.0. The topological polar surface area (TPSA) is 112 Å². The lowest BCUT2D eigenvalue weighted by molar-refractivity contribution is -0.128. The van der Waals surface area contributed by atoms with Gasteiger partial charge in [-0.1, -0.05) is 48.5 Å². The minimum Gasteiger partial charge on any atom is -0.446 e. The molecule has 2 unspecified atom stereocenters. The number of ether oxygens (including phenoxy) is 1. The SMILES string of the molecule is CC(Cc1c[nH]c2ccccc12)(NC(=O)OC1C2CC3CC(C2)CC1C3)C(=O)NCC(NC=O)c1ccccc1. The second-order valence-electron chi connectivity index (χ2n) is 12.3. The third kappa shape index (κ3) is 5.31. The van der Waals surface area contributed by atoms with Crippen LogP contribution >= 0.6 is 0 Å². The molecule has 0 saturated heterocycles. The summed E-state index contributed by atoms with van der Waals surface area (Å²) in [5, 5.41) is 9.75. The molecule has 8 heteroatoms. The van der Waals surface area contributed by atoms with Gasteiger partial charge in [-0.05, 0) is 79.9 Å². The van der Waals surface area contributed by atoms with Crippen LogP contribution in [0.25, 0.3) is 10.9 Å². The van der Waals surface area contributed by atoms with Crippen LogP contribution in [0.3, 0.4) is 0 Å². The van der Waals surface area contributed by atoms with Gasteiger partial charge in [0.1, 0.15) is 11.6 Å². The Morgan fingerprint density at radius 2 is 1.68 bits per heavy atom. The Balaban J connectivity index is 1.20. The minimum absolute atomic E-state index is 0.0764. The molecule has 0 spiro atoms. The molecule has 4 aliphatic carbocycles. The second kappa shape index (κ2) is 11.0. The maximum Gasteiger partial charge on any atom is 0.408 e. The third-order valence-corrected chi connectivity index (χ3v) is 9.42. The van der Waals surface area contributed by atoms with Crippen LogP contribution in [0.4, 0.5) is 4.79 Å². The zero-order valence-electron chi connectivity index (χ0n) is 22.9. The fourth-order valence-electron chi connectivity index (χ4n) is 7.72. The number of aromatic nitrogens is 1. The van der Waals surface area contributed by atoms with Crippen molar-refractivity contribution in [3.05, 3.63) is 71.9 Å². The van der Waals surface area contributed by atoms with Gasteiger partial charge in [0.2, 0.25) is 12.3 Å². The fourth-order valence-corrected chi connectivity index (χ4v) is 7.72. The van der Waals surface area contributed by atoms with E-state index >= 15 is 0 Å². The van der Waals surface area contributed by atoms with E-state index in [1.165, 1.54) is 6.42 Å². The number of nitrogens with one attached hydrogen (secondary N) is 4. The monoisotopic (exact) mass is 542 g/mol. The van der Waals surface area contributed by atoms with Crippen molar-refractivity contribution < 1.29 is 19.1 Å². The lowest BCUT2D eigenvalue weighted by atomic mass is 9.55. The molecule has 4 fully saturated rings. The van der Waals surface area contributed by atoms with Gasteiger partial charge in [0.25, 0.3) is 0 Å². The lowest BCUT2D eigenvalue weighted by Crippen LogP contribution is -2.60. The van der Waals surface area contributed by atoms with Crippen molar-refractivity contribution >= 4 is 29.3 Å². The summed E-state index contributed by atoms with van der Waals surface area (Å²) in [5.74, 6) is 2.07. The van der Waals surface area contributed by atoms with E-state index in [0.29, 0.717) is 18.2 Å². The molecule has 210 valence electrons. The summed E-state index contributed by atoms with van der Waals surface area (Å²) in [5.41, 5.74) is 1.49. The van der Waals surface area contributed by atoms with Crippen LogP contribution < -0.4 is 16.0 Å². The molecule has 0 aliphatic heterocycles. The minimum atomic E-state index is -1.28. The van der Waals surface area contributed by atoms with E-state index in [2.05, 4.69) is 20.9 Å². The number of hydrogen-bond donors (Lipinski definition) is 4. The van der Waals surface area contributed by atoms with Crippen molar-refractivity contribution in [1.82, 2.24) is 20.9 Å². The van der Waals surface area contributed by atoms with Crippen molar-refractivity contribution in [3.63, 3.8) is 0 Å². The average Bonchev–Trinajstić information content (AvgIpc) is 3.35. The van der Waals surface area contributed by atoms with E-state index in [4.69, 9.17) is 4.74 Å². The number of H-pyrrole nitrogens is 1. The molecule has 2 aromatic carbocycles. The van der Waals surface area contributed by atoms with Gasteiger partial charge in [0.05, 0.1) is 6.04 Å². The van der Waals surface area contributed by atoms with Gasteiger partial charge in [-0.25, -0.2) is 4.79 Å². The van der Waals surface area contributed by atoms with Crippen LogP contribution in [0.15, 0.2) is 60.8 Å². The Kier molecular flexibility index (Phi) is 7.26. The molecule has 3 aromatic rings. The number of para-hydroxylation sites is 1. The zero-order valence-corrected chi connectivity index (χ0v) is 22.9. The highest BCUT2D eigenvalue weighted by molar-refractivity contribution is 5.91. The molecule has 0 radical (unpaired) electrons. The van der Waals surface area contributed by atoms with Crippen molar-refractivity contribution in [2.24, 2.45) is 23.7 Å². The number of rotatable bonds is 10. The van der Waals surface area contributed by atoms with Crippen LogP contribution in [0, 0.1) is 23.7 Å². The summed E-state index contributed by atoms with van der Waals surface area (Å²) in [6, 6.07) is 17.0. The number of carbonyl (C=O) groups is 3. The van der Waals surface area contributed by atoms with Crippen LogP contribution in [-0.2, 0) is 20.7 Å². The standard InChI is InChI=1S/C32H38N4O4/c1-32(16-25-17-33-27-10-6-5-9-26(25)27,30(38)34-18-28(35-19-37)22-7-3-2-4-8-22)36-31(39)40-29-23-12-20-11-21(14-23)15-24(29)13-20/h2-10,17,19-21,23-24,28-29,33H,11-16,18H2,1H3,(H,34,38)(H,35,37)(H,36,39). The first-order valence-corrected chi connectivity index (χ1v) is 14.5. The van der Waals surface area contributed by atoms with E-state index in [1.807, 2.05) is 60.8 Å². The van der Waals surface area contributed by atoms with Crippen molar-refractivity contribution in [2.45, 2.75) is 63.1 Å². The average molecular weight is 543 g/mol. The summed E-state index contributed by atoms with van der Waals surface area (Å²) >= 11 is 0. The first kappa shape index (κ1) is 26.4. The van der Waals surface area contributed by atoms with E-state index in [1.54, 1.807) is 6.92 Å². The van der Waals surface area contributed by atoms with Gasteiger partial charge in [0, 0.05) is 30.1 Å². The van der Waals surface area contributed by atoms with Crippen LogP contribution in [-0.4, -0.2) is 41.6 Å². The highest BCUT2D eigenvalue weighted by Crippen LogP contribution is 2.54. The number of amides is 3. The van der Waals surface area contributed by atoms with Crippen LogP contribution in [0.1, 0.15) is 56.2 Å². The van der Waals surface area contributed by atoms with Crippen molar-refractivity contribution in [1.29, 1.82) is 0 Å². The maximum absolute atomic E-state index is 13.8. The van der Waals surface area contributed by atoms with Crippen LogP contribution in [0.2, 0.25) is 0 Å². The summed E-state index contributed by atoms with van der Waals surface area (Å²) in [4.78, 5) is 41.8. The quantitative estimate of drug-likeness (QED) is 0.280. The summed E-state index contributed by atoms with van der Waals surface area (Å²) < 4.78 is 6.12. The Labute approximate surface area is 234 Å². The molecular formula is C32H38N4O4. The predicted octanol–water partition coefficient (Wildman–Crippen LogP) is 4.62. The molecule has 4 saturated carbocycles. The van der Waals surface area contributed by atoms with E-state index < -0.39 is 17.7 Å². The number of aromatic amines is 1. The van der Waals surface area contributed by atoms with Gasteiger partial charge in [-0.15, -0.1) is 0 Å². The number of benzene rings is 2. The van der Waals surface area contributed by atoms with Crippen molar-refractivity contribution in [3.8, 4) is 0 Å². The van der Waals surface area contributed by atoms with Gasteiger partial charge in [-0.2, -0.15) is 0 Å². The summed E-state index contributed by atoms with van der Waals surface area (Å²) in [6.45, 7) is 1.92. The summed E-state index contributed by atoms with van der Waals surface area (Å²) in [7, 11) is 0. The first-order chi connectivity index (χ1) is 19.4. The second-order valence-corrected chi connectivity index (χ2v) is 12.3. The molecule has 8 nitrogen and oxygen atoms in total. The molecule has 3 amide bonds. The van der Waals surface area contributed by atoms with E-state index in [9.17, 15) is 14.4 Å². The van der Waals surface area contributed by atoms with Gasteiger partial charge < -0.3 is 25.7 Å². The Bertz CT molecular complexity index is 1340. The molecule has 2 atom stereocenters. The highest BCUT2D eigenvalue weighted by atomic mass is 16.6. The summed E-state index contributed by atoms with van der Waals surface area (Å²) in [6.07, 6.45) is 8.08. The fraction of sp³-hybridized carbons (Fsp3) is 0.469. The van der Waals surface area contributed by atoms with Gasteiger partial charge in [0.15, 0.2) is 0 Å². The Morgan fingerprint density at radius 1 is 1.00 bits per heavy atom. The smallest absolute Gasteiger partial charge is 0.408 e.